The normalized spacial score (nSPS) is 10.5. The molecule has 1 heterocycles. The number of benzene rings is 1. The average molecular weight is 287 g/mol. The molecule has 5 heteroatoms. The Kier molecular flexibility index (Phi) is 4.87. The Balaban J connectivity index is 1.90. The Bertz CT molecular complexity index is 594. The summed E-state index contributed by atoms with van der Waals surface area (Å²) in [4.78, 5) is 15.7. The molecule has 110 valence electrons. The fourth-order valence-electron chi connectivity index (χ4n) is 1.65. The summed E-state index contributed by atoms with van der Waals surface area (Å²) < 4.78 is 12.8. The molecule has 1 aromatic heterocycles. The average Bonchev–Trinajstić information content (AvgIpc) is 2.48. The van der Waals surface area contributed by atoms with Crippen LogP contribution in [0.5, 0.6) is 0 Å². The van der Waals surface area contributed by atoms with E-state index in [-0.39, 0.29) is 17.6 Å². The lowest BCUT2D eigenvalue weighted by Crippen LogP contribution is -2.18. The minimum atomic E-state index is -0.245. The summed E-state index contributed by atoms with van der Waals surface area (Å²) in [6.07, 6.45) is 1.65. The first-order valence-corrected chi connectivity index (χ1v) is 6.80. The second kappa shape index (κ2) is 6.83. The summed E-state index contributed by atoms with van der Waals surface area (Å²) >= 11 is 0. The van der Waals surface area contributed by atoms with Gasteiger partial charge in [-0.05, 0) is 29.8 Å². The number of hydrogen-bond donors (Lipinski definition) is 2. The summed E-state index contributed by atoms with van der Waals surface area (Å²) in [6.45, 7) is 4.24. The maximum atomic E-state index is 12.8. The van der Waals surface area contributed by atoms with Gasteiger partial charge in [-0.1, -0.05) is 26.0 Å². The first-order valence-electron chi connectivity index (χ1n) is 6.80. The van der Waals surface area contributed by atoms with E-state index in [1.165, 1.54) is 12.1 Å². The van der Waals surface area contributed by atoms with Gasteiger partial charge < -0.3 is 10.6 Å². The van der Waals surface area contributed by atoms with E-state index in [1.54, 1.807) is 24.4 Å². The molecule has 1 amide bonds. The fourth-order valence-corrected chi connectivity index (χ4v) is 1.65. The van der Waals surface area contributed by atoms with Crippen molar-refractivity contribution in [2.75, 3.05) is 10.6 Å². The molecule has 0 saturated heterocycles. The second-order valence-electron chi connectivity index (χ2n) is 5.06. The molecule has 21 heavy (non-hydrogen) atoms. The third kappa shape index (κ3) is 4.56. The molecule has 0 atom stereocenters. The molecule has 0 aliphatic carbocycles. The number of pyridine rings is 1. The third-order valence-corrected chi connectivity index (χ3v) is 2.95. The number of nitrogens with one attached hydrogen (secondary N) is 2. The molecule has 0 unspecified atom stereocenters. The molecule has 0 fully saturated rings. The lowest BCUT2D eigenvalue weighted by molar-refractivity contribution is -0.118. The molecule has 0 saturated carbocycles. The van der Waals surface area contributed by atoms with Crippen LogP contribution in [0.15, 0.2) is 42.6 Å². The van der Waals surface area contributed by atoms with E-state index in [0.29, 0.717) is 12.4 Å². The predicted molar refractivity (Wildman–Crippen MR) is 81.4 cm³/mol. The van der Waals surface area contributed by atoms with Crippen LogP contribution in [-0.4, -0.2) is 10.9 Å². The molecular weight excluding hydrogens is 269 g/mol. The number of nitrogens with zero attached hydrogens (tertiary/aromatic N) is 1. The van der Waals surface area contributed by atoms with Crippen molar-refractivity contribution in [2.24, 2.45) is 5.92 Å². The molecule has 0 radical (unpaired) electrons. The van der Waals surface area contributed by atoms with Crippen LogP contribution in [0.2, 0.25) is 0 Å². The monoisotopic (exact) mass is 287 g/mol. The smallest absolute Gasteiger partial charge is 0.228 e. The molecule has 0 aliphatic heterocycles. The number of carbonyl (C=O) groups is 1. The van der Waals surface area contributed by atoms with E-state index in [1.807, 2.05) is 19.9 Å². The van der Waals surface area contributed by atoms with Gasteiger partial charge in [0.1, 0.15) is 11.6 Å². The lowest BCUT2D eigenvalue weighted by atomic mass is 10.2. The first kappa shape index (κ1) is 15.0. The minimum Gasteiger partial charge on any atom is -0.380 e. The van der Waals surface area contributed by atoms with Crippen LogP contribution >= 0.6 is 0 Å². The van der Waals surface area contributed by atoms with Gasteiger partial charge in [0.05, 0.1) is 11.9 Å². The maximum Gasteiger partial charge on any atom is 0.228 e. The number of anilines is 2. The van der Waals surface area contributed by atoms with Crippen LogP contribution in [0.4, 0.5) is 15.9 Å². The fraction of sp³-hybridized carbons (Fsp3) is 0.250. The Morgan fingerprint density at radius 3 is 2.48 bits per heavy atom. The van der Waals surface area contributed by atoms with Crippen molar-refractivity contribution in [1.29, 1.82) is 0 Å². The van der Waals surface area contributed by atoms with E-state index >= 15 is 0 Å². The number of rotatable bonds is 5. The van der Waals surface area contributed by atoms with Gasteiger partial charge in [-0.2, -0.15) is 0 Å². The molecule has 0 aliphatic rings. The van der Waals surface area contributed by atoms with Gasteiger partial charge in [-0.25, -0.2) is 9.37 Å². The highest BCUT2D eigenvalue weighted by Crippen LogP contribution is 2.12. The highest BCUT2D eigenvalue weighted by atomic mass is 19.1. The van der Waals surface area contributed by atoms with Crippen LogP contribution in [0.25, 0.3) is 0 Å². The van der Waals surface area contributed by atoms with Crippen molar-refractivity contribution >= 4 is 17.4 Å². The van der Waals surface area contributed by atoms with Crippen LogP contribution in [0.1, 0.15) is 19.4 Å². The van der Waals surface area contributed by atoms with Crippen molar-refractivity contribution < 1.29 is 9.18 Å². The number of halogens is 1. The Morgan fingerprint density at radius 2 is 1.90 bits per heavy atom. The van der Waals surface area contributed by atoms with E-state index in [9.17, 15) is 9.18 Å². The lowest BCUT2D eigenvalue weighted by Gasteiger charge is -2.09. The Morgan fingerprint density at radius 1 is 1.19 bits per heavy atom. The van der Waals surface area contributed by atoms with Crippen molar-refractivity contribution in [1.82, 2.24) is 4.98 Å². The van der Waals surface area contributed by atoms with Crippen LogP contribution < -0.4 is 10.6 Å². The summed E-state index contributed by atoms with van der Waals surface area (Å²) in [6, 6.07) is 9.90. The minimum absolute atomic E-state index is 0.0606. The van der Waals surface area contributed by atoms with Gasteiger partial charge in [0, 0.05) is 12.5 Å². The van der Waals surface area contributed by atoms with E-state index < -0.39 is 0 Å². The highest BCUT2D eigenvalue weighted by Gasteiger charge is 2.07. The number of carbonyl (C=O) groups excluding carboxylic acids is 1. The molecule has 2 rings (SSSR count). The quantitative estimate of drug-likeness (QED) is 0.886. The largest absolute Gasteiger partial charge is 0.380 e. The maximum absolute atomic E-state index is 12.8. The van der Waals surface area contributed by atoms with Crippen molar-refractivity contribution in [3.63, 3.8) is 0 Å². The zero-order chi connectivity index (χ0) is 15.2. The zero-order valence-corrected chi connectivity index (χ0v) is 12.1. The first-order chi connectivity index (χ1) is 10.0. The Labute approximate surface area is 123 Å². The number of aromatic nitrogens is 1. The summed E-state index contributed by atoms with van der Waals surface area (Å²) in [5.74, 6) is 0.143. The summed E-state index contributed by atoms with van der Waals surface area (Å²) in [7, 11) is 0. The van der Waals surface area contributed by atoms with Gasteiger partial charge in [0.25, 0.3) is 0 Å². The standard InChI is InChI=1S/C16H18FN3O/c1-11(2)16(21)20-15-8-7-14(10-19-15)18-9-12-3-5-13(17)6-4-12/h3-8,10-11,18H,9H2,1-2H3,(H,19,20,21). The topological polar surface area (TPSA) is 54.0 Å². The summed E-state index contributed by atoms with van der Waals surface area (Å²) in [5.41, 5.74) is 1.82. The number of hydrogen-bond acceptors (Lipinski definition) is 3. The van der Waals surface area contributed by atoms with Crippen LogP contribution in [0, 0.1) is 11.7 Å². The van der Waals surface area contributed by atoms with Crippen molar-refractivity contribution in [2.45, 2.75) is 20.4 Å². The second-order valence-corrected chi connectivity index (χ2v) is 5.06. The van der Waals surface area contributed by atoms with Gasteiger partial charge >= 0.3 is 0 Å². The third-order valence-electron chi connectivity index (χ3n) is 2.95. The van der Waals surface area contributed by atoms with E-state index in [0.717, 1.165) is 11.3 Å². The van der Waals surface area contributed by atoms with E-state index in [2.05, 4.69) is 15.6 Å². The molecule has 0 bridgehead atoms. The van der Waals surface area contributed by atoms with Gasteiger partial charge in [0.2, 0.25) is 5.91 Å². The predicted octanol–water partition coefficient (Wildman–Crippen LogP) is 3.43. The molecule has 0 spiro atoms. The number of amides is 1. The van der Waals surface area contributed by atoms with Gasteiger partial charge in [-0.15, -0.1) is 0 Å². The Hall–Kier alpha value is -2.43. The van der Waals surface area contributed by atoms with Crippen LogP contribution in [0.3, 0.4) is 0 Å². The van der Waals surface area contributed by atoms with E-state index in [4.69, 9.17) is 0 Å². The molecule has 4 nitrogen and oxygen atoms in total. The molecule has 2 aromatic rings. The van der Waals surface area contributed by atoms with Gasteiger partial charge in [-0.3, -0.25) is 4.79 Å². The summed E-state index contributed by atoms with van der Waals surface area (Å²) in [5, 5.41) is 5.92. The molecule has 1 aromatic carbocycles. The molecule has 2 N–H and O–H groups in total. The van der Waals surface area contributed by atoms with Crippen LogP contribution in [-0.2, 0) is 11.3 Å². The zero-order valence-electron chi connectivity index (χ0n) is 12.1. The SMILES string of the molecule is CC(C)C(=O)Nc1ccc(NCc2ccc(F)cc2)cn1. The highest BCUT2D eigenvalue weighted by molar-refractivity contribution is 5.91. The van der Waals surface area contributed by atoms with Crippen molar-refractivity contribution in [3.05, 3.63) is 54.0 Å². The van der Waals surface area contributed by atoms with Gasteiger partial charge in [0.15, 0.2) is 0 Å². The molecular formula is C16H18FN3O. The van der Waals surface area contributed by atoms with Crippen molar-refractivity contribution in [3.8, 4) is 0 Å².